The van der Waals surface area contributed by atoms with E-state index in [0.717, 1.165) is 0 Å². The maximum atomic E-state index is 12.6. The molecule has 0 saturated heterocycles. The van der Waals surface area contributed by atoms with Crippen LogP contribution in [0.5, 0.6) is 5.75 Å². The first-order chi connectivity index (χ1) is 16.4. The van der Waals surface area contributed by atoms with E-state index in [4.69, 9.17) is 38.2 Å². The summed E-state index contributed by atoms with van der Waals surface area (Å²) in [5, 5.41) is 13.5. The van der Waals surface area contributed by atoms with Gasteiger partial charge in [0.15, 0.2) is 0 Å². The monoisotopic (exact) mass is 470 g/mol. The Hall–Kier alpha value is -3.88. The smallest absolute Gasteiger partial charge is 0.311 e. The lowest BCUT2D eigenvalue weighted by molar-refractivity contribution is -0.384. The van der Waals surface area contributed by atoms with E-state index in [1.54, 1.807) is 0 Å². The normalized spacial score (nSPS) is 10.4. The van der Waals surface area contributed by atoms with Gasteiger partial charge in [0.05, 0.1) is 24.7 Å². The van der Waals surface area contributed by atoms with Gasteiger partial charge in [-0.2, -0.15) is 0 Å². The number of carbonyl (C=O) groups excluding carboxylic acids is 2. The highest BCUT2D eigenvalue weighted by atomic mass is 16.6. The number of non-ortho nitro benzene ring substituents is 1. The van der Waals surface area contributed by atoms with E-state index in [1.807, 2.05) is 0 Å². The van der Waals surface area contributed by atoms with Crippen LogP contribution >= 0.6 is 0 Å². The average molecular weight is 470 g/mol. The second-order valence-electron chi connectivity index (χ2n) is 7.00. The predicted octanol–water partition coefficient (Wildman–Crippen LogP) is 1.47. The number of amides is 1. The summed E-state index contributed by atoms with van der Waals surface area (Å²) in [6.45, 7) is -0.00997. The standard InChI is InChI=1S/C24H26N2O8/c1-4-14-31-17-24(18-32-15-5-2,19-33-16-6-3)25-22(27)8-7-9-23(28)34-21-12-10-20(11-13-21)26(29)30/h1-3,10-13H,7-9,14-19H2,(H,25,27). The third-order valence-corrected chi connectivity index (χ3v) is 4.16. The van der Waals surface area contributed by atoms with Crippen LogP contribution in [0.3, 0.4) is 0 Å². The molecule has 10 nitrogen and oxygen atoms in total. The zero-order valence-electron chi connectivity index (χ0n) is 18.6. The Bertz CT molecular complexity index is 887. The van der Waals surface area contributed by atoms with Crippen LogP contribution in [0.2, 0.25) is 0 Å². The lowest BCUT2D eigenvalue weighted by atomic mass is 10.0. The molecular weight excluding hydrogens is 444 g/mol. The molecule has 0 fully saturated rings. The minimum absolute atomic E-state index is 0.00344. The van der Waals surface area contributed by atoms with Crippen molar-refractivity contribution >= 4 is 17.6 Å². The number of terminal acetylenes is 3. The molecule has 0 aliphatic carbocycles. The number of carbonyl (C=O) groups is 2. The summed E-state index contributed by atoms with van der Waals surface area (Å²) >= 11 is 0. The quantitative estimate of drug-likeness (QED) is 0.0961. The van der Waals surface area contributed by atoms with Crippen molar-refractivity contribution in [2.75, 3.05) is 39.6 Å². The first kappa shape index (κ1) is 28.2. The number of ether oxygens (including phenoxy) is 4. The third kappa shape index (κ3) is 11.1. The third-order valence-electron chi connectivity index (χ3n) is 4.16. The maximum absolute atomic E-state index is 12.6. The highest BCUT2D eigenvalue weighted by molar-refractivity contribution is 5.78. The minimum Gasteiger partial charge on any atom is -0.427 e. The first-order valence-electron chi connectivity index (χ1n) is 10.2. The molecule has 1 amide bonds. The minimum atomic E-state index is -1.10. The molecule has 10 heteroatoms. The molecule has 1 aromatic carbocycles. The van der Waals surface area contributed by atoms with Crippen molar-refractivity contribution < 1.29 is 33.5 Å². The van der Waals surface area contributed by atoms with E-state index in [2.05, 4.69) is 23.1 Å². The number of nitro benzene ring substituents is 1. The van der Waals surface area contributed by atoms with Gasteiger partial charge < -0.3 is 24.3 Å². The largest absolute Gasteiger partial charge is 0.427 e. The molecule has 34 heavy (non-hydrogen) atoms. The van der Waals surface area contributed by atoms with Gasteiger partial charge in [-0.15, -0.1) is 19.3 Å². The number of nitrogens with zero attached hydrogens (tertiary/aromatic N) is 1. The van der Waals surface area contributed by atoms with Gasteiger partial charge in [0.1, 0.15) is 31.1 Å². The Balaban J connectivity index is 2.64. The summed E-state index contributed by atoms with van der Waals surface area (Å²) in [7, 11) is 0. The Morgan fingerprint density at radius 2 is 1.41 bits per heavy atom. The summed E-state index contributed by atoms with van der Waals surface area (Å²) in [4.78, 5) is 34.7. The van der Waals surface area contributed by atoms with Crippen LogP contribution in [0.1, 0.15) is 19.3 Å². The second-order valence-corrected chi connectivity index (χ2v) is 7.00. The highest BCUT2D eigenvalue weighted by Gasteiger charge is 2.33. The summed E-state index contributed by atoms with van der Waals surface area (Å²) in [6.07, 6.45) is 15.8. The Kier molecular flexibility index (Phi) is 13.1. The predicted molar refractivity (Wildman–Crippen MR) is 122 cm³/mol. The Labute approximate surface area is 198 Å². The number of esters is 1. The van der Waals surface area contributed by atoms with Gasteiger partial charge in [0, 0.05) is 25.0 Å². The molecule has 0 aliphatic rings. The van der Waals surface area contributed by atoms with Crippen molar-refractivity contribution in [1.82, 2.24) is 5.32 Å². The highest BCUT2D eigenvalue weighted by Crippen LogP contribution is 2.18. The van der Waals surface area contributed by atoms with Gasteiger partial charge in [-0.3, -0.25) is 19.7 Å². The number of nitrogens with one attached hydrogen (secondary N) is 1. The summed E-state index contributed by atoms with van der Waals surface area (Å²) in [6, 6.07) is 5.09. The van der Waals surface area contributed by atoms with Crippen molar-refractivity contribution in [2.24, 2.45) is 0 Å². The second kappa shape index (κ2) is 15.8. The maximum Gasteiger partial charge on any atom is 0.311 e. The molecule has 1 rings (SSSR count). The molecule has 1 aromatic rings. The van der Waals surface area contributed by atoms with E-state index in [-0.39, 0.29) is 76.2 Å². The lowest BCUT2D eigenvalue weighted by Gasteiger charge is -2.33. The fourth-order valence-corrected chi connectivity index (χ4v) is 2.72. The van der Waals surface area contributed by atoms with Gasteiger partial charge >= 0.3 is 5.97 Å². The van der Waals surface area contributed by atoms with Crippen molar-refractivity contribution in [1.29, 1.82) is 0 Å². The zero-order valence-corrected chi connectivity index (χ0v) is 18.6. The van der Waals surface area contributed by atoms with Crippen LogP contribution in [0.4, 0.5) is 5.69 Å². The molecular formula is C24H26N2O8. The molecule has 0 atom stereocenters. The van der Waals surface area contributed by atoms with E-state index >= 15 is 0 Å². The van der Waals surface area contributed by atoms with Crippen molar-refractivity contribution in [3.05, 3.63) is 34.4 Å². The number of hydrogen-bond acceptors (Lipinski definition) is 8. The van der Waals surface area contributed by atoms with Gasteiger partial charge in [-0.1, -0.05) is 17.8 Å². The van der Waals surface area contributed by atoms with Crippen LogP contribution in [0, 0.1) is 47.1 Å². The van der Waals surface area contributed by atoms with Gasteiger partial charge in [0.25, 0.3) is 5.69 Å². The van der Waals surface area contributed by atoms with Gasteiger partial charge in [-0.25, -0.2) is 0 Å². The van der Waals surface area contributed by atoms with Crippen molar-refractivity contribution in [2.45, 2.75) is 24.8 Å². The van der Waals surface area contributed by atoms with Crippen LogP contribution in [-0.2, 0) is 23.8 Å². The zero-order chi connectivity index (χ0) is 25.2. The van der Waals surface area contributed by atoms with E-state index in [0.29, 0.717) is 0 Å². The Morgan fingerprint density at radius 3 is 1.85 bits per heavy atom. The molecule has 180 valence electrons. The molecule has 0 heterocycles. The van der Waals surface area contributed by atoms with Crippen LogP contribution in [0.15, 0.2) is 24.3 Å². The van der Waals surface area contributed by atoms with E-state index < -0.39 is 16.4 Å². The number of benzene rings is 1. The summed E-state index contributed by atoms with van der Waals surface area (Å²) < 4.78 is 21.4. The van der Waals surface area contributed by atoms with Crippen LogP contribution in [0.25, 0.3) is 0 Å². The van der Waals surface area contributed by atoms with E-state index in [9.17, 15) is 19.7 Å². The average Bonchev–Trinajstić information content (AvgIpc) is 2.80. The fraction of sp³-hybridized carbons (Fsp3) is 0.417. The number of nitro groups is 1. The topological polar surface area (TPSA) is 126 Å². The van der Waals surface area contributed by atoms with Gasteiger partial charge in [0.2, 0.25) is 5.91 Å². The summed E-state index contributed by atoms with van der Waals surface area (Å²) in [5.74, 6) is 6.21. The molecule has 0 unspecified atom stereocenters. The van der Waals surface area contributed by atoms with Crippen molar-refractivity contribution in [3.63, 3.8) is 0 Å². The molecule has 0 spiro atoms. The Morgan fingerprint density at radius 1 is 0.912 bits per heavy atom. The first-order valence-corrected chi connectivity index (χ1v) is 10.2. The number of hydrogen-bond donors (Lipinski definition) is 1. The van der Waals surface area contributed by atoms with Crippen LogP contribution < -0.4 is 10.1 Å². The van der Waals surface area contributed by atoms with Crippen molar-refractivity contribution in [3.8, 4) is 42.8 Å². The number of rotatable bonds is 16. The van der Waals surface area contributed by atoms with Gasteiger partial charge in [-0.05, 0) is 18.6 Å². The molecule has 0 bridgehead atoms. The molecule has 0 aromatic heterocycles. The lowest BCUT2D eigenvalue weighted by Crippen LogP contribution is -2.58. The molecule has 0 radical (unpaired) electrons. The molecule has 1 N–H and O–H groups in total. The van der Waals surface area contributed by atoms with Crippen LogP contribution in [-0.4, -0.2) is 62.0 Å². The van der Waals surface area contributed by atoms with E-state index in [1.165, 1.54) is 24.3 Å². The fourth-order valence-electron chi connectivity index (χ4n) is 2.72. The SMILES string of the molecule is C#CCOCC(COCC#C)(COCC#C)NC(=O)CCCC(=O)Oc1ccc([N+](=O)[O-])cc1. The summed E-state index contributed by atoms with van der Waals surface area (Å²) in [5.41, 5.74) is -1.22. The molecule has 0 saturated carbocycles. The molecule has 0 aliphatic heterocycles.